The van der Waals surface area contributed by atoms with Gasteiger partial charge < -0.3 is 14.6 Å². The van der Waals surface area contributed by atoms with Crippen LogP contribution in [-0.2, 0) is 9.53 Å². The summed E-state index contributed by atoms with van der Waals surface area (Å²) < 4.78 is 38.0. The van der Waals surface area contributed by atoms with E-state index < -0.39 is 35.7 Å². The first kappa shape index (κ1) is 26.5. The molecule has 4 N–H and O–H groups in total. The summed E-state index contributed by atoms with van der Waals surface area (Å²) in [6.07, 6.45) is 2.38. The zero-order chi connectivity index (χ0) is 25.1. The first-order chi connectivity index (χ1) is 16.2. The first-order valence-electron chi connectivity index (χ1n) is 10.3. The lowest BCUT2D eigenvalue weighted by Crippen LogP contribution is -2.23. The molecule has 2 aromatic rings. The SMILES string of the molecule is C/C(=C\C=C\C(=O)NO)[C@@H](C)[C@@H](OC(=O)Nc1ccc(F)cc1F)c1ccc(OCCO)cc1. The highest BCUT2D eigenvalue weighted by atomic mass is 19.1. The molecule has 10 heteroatoms. The standard InChI is InChI=1S/C24H26F2N2O6/c1-15(4-3-5-22(30)28-32)16(2)23(17-6-9-19(10-7-17)33-13-12-29)34-24(31)27-21-11-8-18(25)14-20(21)26/h3-11,14,16,23,29,32H,12-13H2,1-2H3,(H,27,31)(H,28,30)/b5-3+,15-4+/t16-,23-/m1/s1. The molecule has 0 aliphatic carbocycles. The largest absolute Gasteiger partial charge is 0.491 e. The van der Waals surface area contributed by atoms with Gasteiger partial charge in [-0.15, -0.1) is 0 Å². The van der Waals surface area contributed by atoms with Crippen LogP contribution in [0.3, 0.4) is 0 Å². The molecule has 0 spiro atoms. The van der Waals surface area contributed by atoms with Crippen molar-refractivity contribution >= 4 is 17.7 Å². The third-order valence-electron chi connectivity index (χ3n) is 4.86. The molecule has 0 heterocycles. The van der Waals surface area contributed by atoms with Crippen molar-refractivity contribution in [1.29, 1.82) is 0 Å². The Labute approximate surface area is 195 Å². The molecule has 0 aliphatic heterocycles. The summed E-state index contributed by atoms with van der Waals surface area (Å²) >= 11 is 0. The molecule has 0 unspecified atom stereocenters. The summed E-state index contributed by atoms with van der Waals surface area (Å²) in [6.45, 7) is 3.53. The number of rotatable bonds is 10. The number of hydrogen-bond acceptors (Lipinski definition) is 6. The normalized spacial score (nSPS) is 13.3. The van der Waals surface area contributed by atoms with Crippen LogP contribution in [0.4, 0.5) is 19.3 Å². The van der Waals surface area contributed by atoms with E-state index in [1.54, 1.807) is 44.2 Å². The van der Waals surface area contributed by atoms with Gasteiger partial charge in [0.05, 0.1) is 12.3 Å². The lowest BCUT2D eigenvalue weighted by Gasteiger charge is -2.26. The number of benzene rings is 2. The smallest absolute Gasteiger partial charge is 0.412 e. The Kier molecular flexibility index (Phi) is 10.2. The lowest BCUT2D eigenvalue weighted by molar-refractivity contribution is -0.124. The fourth-order valence-corrected chi connectivity index (χ4v) is 2.94. The maximum absolute atomic E-state index is 13.9. The minimum atomic E-state index is -0.953. The molecule has 0 radical (unpaired) electrons. The van der Waals surface area contributed by atoms with E-state index in [1.165, 1.54) is 11.6 Å². The van der Waals surface area contributed by atoms with E-state index in [0.29, 0.717) is 17.4 Å². The van der Waals surface area contributed by atoms with E-state index in [4.69, 9.17) is 19.8 Å². The Balaban J connectivity index is 2.26. The van der Waals surface area contributed by atoms with Crippen molar-refractivity contribution in [3.05, 3.63) is 83.5 Å². The van der Waals surface area contributed by atoms with Gasteiger partial charge in [0, 0.05) is 18.1 Å². The number of nitrogens with one attached hydrogen (secondary N) is 2. The number of hydrogen-bond donors (Lipinski definition) is 4. The number of amides is 2. The van der Waals surface area contributed by atoms with Gasteiger partial charge in [-0.25, -0.2) is 19.1 Å². The van der Waals surface area contributed by atoms with Crippen LogP contribution in [-0.4, -0.2) is 35.5 Å². The Morgan fingerprint density at radius 3 is 2.47 bits per heavy atom. The Bertz CT molecular complexity index is 1040. The minimum Gasteiger partial charge on any atom is -0.491 e. The van der Waals surface area contributed by atoms with Gasteiger partial charge in [0.1, 0.15) is 30.1 Å². The van der Waals surface area contributed by atoms with Gasteiger partial charge in [0.2, 0.25) is 0 Å². The van der Waals surface area contributed by atoms with Crippen LogP contribution in [0, 0.1) is 17.6 Å². The van der Waals surface area contributed by atoms with E-state index in [1.807, 2.05) is 0 Å². The van der Waals surface area contributed by atoms with Crippen molar-refractivity contribution in [2.75, 3.05) is 18.5 Å². The molecule has 0 aromatic heterocycles. The third-order valence-corrected chi connectivity index (χ3v) is 4.86. The van der Waals surface area contributed by atoms with Gasteiger partial charge in [-0.1, -0.05) is 36.8 Å². The number of aliphatic hydroxyl groups excluding tert-OH is 1. The second-order valence-electron chi connectivity index (χ2n) is 7.25. The number of anilines is 1. The second kappa shape index (κ2) is 13.1. The molecule has 0 saturated carbocycles. The topological polar surface area (TPSA) is 117 Å². The number of carbonyl (C=O) groups is 2. The molecular weight excluding hydrogens is 450 g/mol. The fourth-order valence-electron chi connectivity index (χ4n) is 2.94. The Morgan fingerprint density at radius 1 is 1.15 bits per heavy atom. The average molecular weight is 476 g/mol. The van der Waals surface area contributed by atoms with Crippen molar-refractivity contribution in [2.45, 2.75) is 20.0 Å². The Hall–Kier alpha value is -3.76. The number of hydroxylamine groups is 1. The maximum atomic E-state index is 13.9. The summed E-state index contributed by atoms with van der Waals surface area (Å²) in [5.74, 6) is -2.32. The molecule has 0 saturated heterocycles. The zero-order valence-corrected chi connectivity index (χ0v) is 18.6. The summed E-state index contributed by atoms with van der Waals surface area (Å²) in [6, 6.07) is 9.39. The molecule has 182 valence electrons. The highest BCUT2D eigenvalue weighted by Crippen LogP contribution is 2.33. The monoisotopic (exact) mass is 476 g/mol. The summed E-state index contributed by atoms with van der Waals surface area (Å²) in [7, 11) is 0. The summed E-state index contributed by atoms with van der Waals surface area (Å²) in [4.78, 5) is 23.7. The van der Waals surface area contributed by atoms with Gasteiger partial charge in [0.15, 0.2) is 0 Å². The van der Waals surface area contributed by atoms with Crippen LogP contribution in [0.25, 0.3) is 0 Å². The van der Waals surface area contributed by atoms with E-state index in [0.717, 1.165) is 23.8 Å². The first-order valence-corrected chi connectivity index (χ1v) is 10.3. The summed E-state index contributed by atoms with van der Waals surface area (Å²) in [5, 5.41) is 19.7. The highest BCUT2D eigenvalue weighted by molar-refractivity contribution is 5.86. The summed E-state index contributed by atoms with van der Waals surface area (Å²) in [5.41, 5.74) is 2.57. The fraction of sp³-hybridized carbons (Fsp3) is 0.250. The zero-order valence-electron chi connectivity index (χ0n) is 18.6. The van der Waals surface area contributed by atoms with Crippen LogP contribution in [0.5, 0.6) is 5.75 Å². The number of ether oxygens (including phenoxy) is 2. The van der Waals surface area contributed by atoms with E-state index in [2.05, 4.69) is 5.32 Å². The van der Waals surface area contributed by atoms with Crippen LogP contribution < -0.4 is 15.5 Å². The number of carbonyl (C=O) groups excluding carboxylic acids is 2. The predicted octanol–water partition coefficient (Wildman–Crippen LogP) is 4.27. The number of halogens is 2. The van der Waals surface area contributed by atoms with Crippen LogP contribution in [0.2, 0.25) is 0 Å². The van der Waals surface area contributed by atoms with E-state index >= 15 is 0 Å². The second-order valence-corrected chi connectivity index (χ2v) is 7.25. The third kappa shape index (κ3) is 7.98. The van der Waals surface area contributed by atoms with Crippen LogP contribution in [0.1, 0.15) is 25.5 Å². The molecule has 2 amide bonds. The lowest BCUT2D eigenvalue weighted by atomic mass is 9.91. The number of aliphatic hydroxyl groups is 1. The quantitative estimate of drug-likeness (QED) is 0.176. The van der Waals surface area contributed by atoms with Crippen molar-refractivity contribution in [2.24, 2.45) is 5.92 Å². The maximum Gasteiger partial charge on any atom is 0.412 e. The van der Waals surface area contributed by atoms with Gasteiger partial charge >= 0.3 is 6.09 Å². The molecule has 2 atom stereocenters. The predicted molar refractivity (Wildman–Crippen MR) is 120 cm³/mol. The average Bonchev–Trinajstić information content (AvgIpc) is 2.82. The van der Waals surface area contributed by atoms with Gasteiger partial charge in [-0.05, 0) is 36.8 Å². The molecule has 34 heavy (non-hydrogen) atoms. The van der Waals surface area contributed by atoms with E-state index in [-0.39, 0.29) is 18.9 Å². The molecule has 2 rings (SSSR count). The molecule has 2 aromatic carbocycles. The van der Waals surface area contributed by atoms with E-state index in [9.17, 15) is 18.4 Å². The Morgan fingerprint density at radius 2 is 1.85 bits per heavy atom. The van der Waals surface area contributed by atoms with Crippen LogP contribution >= 0.6 is 0 Å². The van der Waals surface area contributed by atoms with Crippen molar-refractivity contribution < 1.29 is 38.2 Å². The van der Waals surface area contributed by atoms with Crippen molar-refractivity contribution in [3.63, 3.8) is 0 Å². The molecule has 0 aliphatic rings. The van der Waals surface area contributed by atoms with Crippen molar-refractivity contribution in [1.82, 2.24) is 5.48 Å². The number of allylic oxidation sites excluding steroid dienone is 2. The molecular formula is C24H26F2N2O6. The van der Waals surface area contributed by atoms with Crippen LogP contribution in [0.15, 0.2) is 66.3 Å². The van der Waals surface area contributed by atoms with Crippen molar-refractivity contribution in [3.8, 4) is 5.75 Å². The molecule has 0 bridgehead atoms. The van der Waals surface area contributed by atoms with Gasteiger partial charge in [0.25, 0.3) is 5.91 Å². The molecule has 8 nitrogen and oxygen atoms in total. The highest BCUT2D eigenvalue weighted by Gasteiger charge is 2.25. The van der Waals surface area contributed by atoms with Gasteiger partial charge in [-0.3, -0.25) is 15.3 Å². The molecule has 0 fully saturated rings. The minimum absolute atomic E-state index is 0.122. The van der Waals surface area contributed by atoms with Gasteiger partial charge in [-0.2, -0.15) is 0 Å².